The molecule has 1 saturated carbocycles. The Hall–Kier alpha value is -3.42. The lowest BCUT2D eigenvalue weighted by Crippen LogP contribution is -2.57. The van der Waals surface area contributed by atoms with Gasteiger partial charge in [0.05, 0.1) is 12.1 Å². The van der Waals surface area contributed by atoms with Crippen molar-refractivity contribution in [2.45, 2.75) is 44.7 Å². The Labute approximate surface area is 179 Å². The van der Waals surface area contributed by atoms with E-state index in [-0.39, 0.29) is 23.1 Å². The smallest absolute Gasteiger partial charge is 0.268 e. The van der Waals surface area contributed by atoms with Crippen LogP contribution in [0.25, 0.3) is 0 Å². The molecular formula is C23H26N4O4. The highest BCUT2D eigenvalue weighted by Gasteiger charge is 2.51. The number of hydrogen-bond donors (Lipinski definition) is 4. The van der Waals surface area contributed by atoms with E-state index < -0.39 is 23.4 Å². The third kappa shape index (κ3) is 3.73. The first-order valence-electron chi connectivity index (χ1n) is 10.5. The molecule has 1 heterocycles. The van der Waals surface area contributed by atoms with Crippen LogP contribution in [0.5, 0.6) is 0 Å². The molecule has 2 aliphatic carbocycles. The second kappa shape index (κ2) is 8.02. The van der Waals surface area contributed by atoms with Gasteiger partial charge in [-0.3, -0.25) is 19.2 Å². The highest BCUT2D eigenvalue weighted by atomic mass is 16.2. The van der Waals surface area contributed by atoms with E-state index in [9.17, 15) is 19.2 Å². The van der Waals surface area contributed by atoms with E-state index in [0.29, 0.717) is 24.8 Å². The summed E-state index contributed by atoms with van der Waals surface area (Å²) >= 11 is 0. The van der Waals surface area contributed by atoms with Crippen molar-refractivity contribution in [3.8, 4) is 0 Å². The van der Waals surface area contributed by atoms with Crippen LogP contribution in [0, 0.1) is 12.3 Å². The first kappa shape index (κ1) is 20.8. The Morgan fingerprint density at radius 1 is 1.06 bits per heavy atom. The van der Waals surface area contributed by atoms with E-state index in [2.05, 4.69) is 20.9 Å². The van der Waals surface area contributed by atoms with E-state index in [0.717, 1.165) is 17.5 Å². The molecule has 4 N–H and O–H groups in total. The van der Waals surface area contributed by atoms with Gasteiger partial charge in [0.25, 0.3) is 5.91 Å². The van der Waals surface area contributed by atoms with Gasteiger partial charge in [-0.15, -0.1) is 0 Å². The van der Waals surface area contributed by atoms with Crippen molar-refractivity contribution in [2.75, 3.05) is 7.05 Å². The number of fused-ring (bicyclic) bond motifs is 1. The fourth-order valence-corrected chi connectivity index (χ4v) is 4.56. The molecule has 1 aromatic heterocycles. The number of carbonyl (C=O) groups excluding carboxylic acids is 3. The number of hydrogen-bond acceptors (Lipinski definition) is 4. The minimum absolute atomic E-state index is 0.167. The van der Waals surface area contributed by atoms with Crippen molar-refractivity contribution in [3.05, 3.63) is 69.1 Å². The van der Waals surface area contributed by atoms with Gasteiger partial charge in [-0.1, -0.05) is 30.7 Å². The number of aryl methyl sites for hydroxylation is 1. The zero-order valence-corrected chi connectivity index (χ0v) is 17.6. The summed E-state index contributed by atoms with van der Waals surface area (Å²) in [5.74, 6) is -1.00. The van der Waals surface area contributed by atoms with Gasteiger partial charge in [0.1, 0.15) is 11.1 Å². The number of amides is 3. The van der Waals surface area contributed by atoms with E-state index in [1.165, 1.54) is 13.1 Å². The standard InChI is InChI=1S/C23H26N4O4/c1-13-10-17(25-18(28)11-13)20(29)27-19-15-7-4-3-6-14(15)12-16(19)26-22(31)23(8-5-9-23)21(30)24-2/h3-4,6-7,10-11,16,19H,5,8-9,12H2,1-2H3,(H,24,30)(H,25,28)(H,26,31)(H,27,29)/t16-,19-/m1/s1. The van der Waals surface area contributed by atoms with Crippen molar-refractivity contribution < 1.29 is 14.4 Å². The van der Waals surface area contributed by atoms with Gasteiger partial charge in [0, 0.05) is 13.1 Å². The Balaban J connectivity index is 1.59. The molecule has 2 aliphatic rings. The van der Waals surface area contributed by atoms with Crippen LogP contribution in [0.15, 0.2) is 41.2 Å². The molecule has 0 saturated heterocycles. The maximum Gasteiger partial charge on any atom is 0.268 e. The molecule has 8 heteroatoms. The summed E-state index contributed by atoms with van der Waals surface area (Å²) in [6.07, 6.45) is 2.40. The molecule has 0 aliphatic heterocycles. The quantitative estimate of drug-likeness (QED) is 0.540. The van der Waals surface area contributed by atoms with Crippen LogP contribution in [0.3, 0.4) is 0 Å². The number of carbonyl (C=O) groups is 3. The molecule has 0 bridgehead atoms. The monoisotopic (exact) mass is 422 g/mol. The molecular weight excluding hydrogens is 396 g/mol. The summed E-state index contributed by atoms with van der Waals surface area (Å²) in [4.78, 5) is 52.7. The normalized spacial score (nSPS) is 20.8. The van der Waals surface area contributed by atoms with Crippen LogP contribution in [0.1, 0.15) is 52.5 Å². The van der Waals surface area contributed by atoms with E-state index >= 15 is 0 Å². The maximum atomic E-state index is 13.1. The predicted octanol–water partition coefficient (Wildman–Crippen LogP) is 1.11. The molecule has 1 fully saturated rings. The third-order valence-corrected chi connectivity index (χ3v) is 6.37. The minimum atomic E-state index is -1.04. The summed E-state index contributed by atoms with van der Waals surface area (Å²) in [7, 11) is 1.53. The van der Waals surface area contributed by atoms with Crippen molar-refractivity contribution in [3.63, 3.8) is 0 Å². The summed E-state index contributed by atoms with van der Waals surface area (Å²) in [5.41, 5.74) is 1.40. The molecule has 0 unspecified atom stereocenters. The Morgan fingerprint density at radius 2 is 1.81 bits per heavy atom. The molecule has 0 spiro atoms. The Bertz CT molecular complexity index is 1100. The molecule has 31 heavy (non-hydrogen) atoms. The second-order valence-corrected chi connectivity index (χ2v) is 8.38. The number of H-pyrrole nitrogens is 1. The molecule has 162 valence electrons. The number of pyridine rings is 1. The third-order valence-electron chi connectivity index (χ3n) is 6.37. The lowest BCUT2D eigenvalue weighted by Gasteiger charge is -2.39. The molecule has 4 rings (SSSR count). The first-order valence-corrected chi connectivity index (χ1v) is 10.5. The number of benzene rings is 1. The van der Waals surface area contributed by atoms with Gasteiger partial charge in [-0.2, -0.15) is 0 Å². The van der Waals surface area contributed by atoms with Gasteiger partial charge in [0.2, 0.25) is 17.4 Å². The second-order valence-electron chi connectivity index (χ2n) is 8.38. The molecule has 3 amide bonds. The van der Waals surface area contributed by atoms with Crippen LogP contribution in [-0.2, 0) is 16.0 Å². The molecule has 1 aromatic carbocycles. The average molecular weight is 422 g/mol. The average Bonchev–Trinajstić information content (AvgIpc) is 3.03. The Kier molecular flexibility index (Phi) is 5.39. The lowest BCUT2D eigenvalue weighted by molar-refractivity contribution is -0.149. The minimum Gasteiger partial charge on any atom is -0.358 e. The molecule has 0 radical (unpaired) electrons. The lowest BCUT2D eigenvalue weighted by atomic mass is 9.67. The van der Waals surface area contributed by atoms with E-state index in [4.69, 9.17) is 0 Å². The van der Waals surface area contributed by atoms with Crippen LogP contribution in [-0.4, -0.2) is 35.8 Å². The molecule has 2 atom stereocenters. The van der Waals surface area contributed by atoms with Crippen molar-refractivity contribution in [1.82, 2.24) is 20.9 Å². The number of rotatable bonds is 5. The van der Waals surface area contributed by atoms with Crippen LogP contribution in [0.4, 0.5) is 0 Å². The van der Waals surface area contributed by atoms with Gasteiger partial charge in [0.15, 0.2) is 0 Å². The SMILES string of the molecule is CNC(=O)C1(C(=O)N[C@@H]2Cc3ccccc3[C@H]2NC(=O)c2cc(C)cc(=O)[nH]2)CCC1. The fraction of sp³-hybridized carbons (Fsp3) is 0.391. The zero-order valence-electron chi connectivity index (χ0n) is 17.6. The predicted molar refractivity (Wildman–Crippen MR) is 114 cm³/mol. The largest absolute Gasteiger partial charge is 0.358 e. The van der Waals surface area contributed by atoms with Gasteiger partial charge in [-0.25, -0.2) is 0 Å². The summed E-state index contributed by atoms with van der Waals surface area (Å²) in [5, 5.41) is 8.60. The van der Waals surface area contributed by atoms with Gasteiger partial charge < -0.3 is 20.9 Å². The van der Waals surface area contributed by atoms with Crippen LogP contribution < -0.4 is 21.5 Å². The Morgan fingerprint density at radius 3 is 2.45 bits per heavy atom. The summed E-state index contributed by atoms with van der Waals surface area (Å²) in [6, 6.07) is 9.84. The highest BCUT2D eigenvalue weighted by molar-refractivity contribution is 6.06. The van der Waals surface area contributed by atoms with Crippen molar-refractivity contribution in [2.24, 2.45) is 5.41 Å². The van der Waals surface area contributed by atoms with Gasteiger partial charge >= 0.3 is 0 Å². The summed E-state index contributed by atoms with van der Waals surface area (Å²) in [6.45, 7) is 1.75. The molecule has 2 aromatic rings. The maximum absolute atomic E-state index is 13.1. The van der Waals surface area contributed by atoms with Gasteiger partial charge in [-0.05, 0) is 48.9 Å². The highest BCUT2D eigenvalue weighted by Crippen LogP contribution is 2.42. The van der Waals surface area contributed by atoms with Crippen LogP contribution >= 0.6 is 0 Å². The van der Waals surface area contributed by atoms with E-state index in [1.54, 1.807) is 13.0 Å². The number of aromatic amines is 1. The van der Waals surface area contributed by atoms with Crippen molar-refractivity contribution >= 4 is 17.7 Å². The zero-order chi connectivity index (χ0) is 22.2. The molecule has 8 nitrogen and oxygen atoms in total. The van der Waals surface area contributed by atoms with Crippen LogP contribution in [0.2, 0.25) is 0 Å². The number of aromatic nitrogens is 1. The van der Waals surface area contributed by atoms with Crippen molar-refractivity contribution in [1.29, 1.82) is 0 Å². The first-order chi connectivity index (χ1) is 14.8. The fourth-order valence-electron chi connectivity index (χ4n) is 4.56. The topological polar surface area (TPSA) is 120 Å². The summed E-state index contributed by atoms with van der Waals surface area (Å²) < 4.78 is 0. The van der Waals surface area contributed by atoms with E-state index in [1.807, 2.05) is 24.3 Å². The number of nitrogens with one attached hydrogen (secondary N) is 4.